The van der Waals surface area contributed by atoms with Crippen LogP contribution in [-0.4, -0.2) is 82.7 Å². The van der Waals surface area contributed by atoms with Crippen molar-refractivity contribution in [3.63, 3.8) is 0 Å². The van der Waals surface area contributed by atoms with Crippen LogP contribution in [0.4, 0.5) is 0 Å². The smallest absolute Gasteiger partial charge is 0.189 e. The zero-order valence-electron chi connectivity index (χ0n) is 25.9. The number of hydrogen-bond acceptors (Lipinski definition) is 10. The second kappa shape index (κ2) is 18.9. The van der Waals surface area contributed by atoms with Crippen molar-refractivity contribution < 1.29 is 47.4 Å². The molecular formula is C34H38O10. The number of benzene rings is 3. The summed E-state index contributed by atoms with van der Waals surface area (Å²) >= 11 is 0. The molecule has 0 spiro atoms. The average Bonchev–Trinajstić information content (AvgIpc) is 3.06. The summed E-state index contributed by atoms with van der Waals surface area (Å²) in [5, 5.41) is 0. The molecule has 0 bridgehead atoms. The lowest BCUT2D eigenvalue weighted by Crippen LogP contribution is -2.09. The van der Waals surface area contributed by atoms with Crippen LogP contribution >= 0.6 is 0 Å². The zero-order chi connectivity index (χ0) is 31.6. The minimum Gasteiger partial charge on any atom is -0.495 e. The fraction of sp³-hybridized carbons (Fsp3) is 0.353. The van der Waals surface area contributed by atoms with Gasteiger partial charge in [0.25, 0.3) is 0 Å². The van der Waals surface area contributed by atoms with Crippen molar-refractivity contribution in [3.8, 4) is 58.2 Å². The highest BCUT2D eigenvalue weighted by molar-refractivity contribution is 5.64. The minimum absolute atomic E-state index is 0.000599. The largest absolute Gasteiger partial charge is 0.495 e. The van der Waals surface area contributed by atoms with Crippen LogP contribution in [0.2, 0.25) is 0 Å². The molecule has 3 rings (SSSR count). The summed E-state index contributed by atoms with van der Waals surface area (Å²) in [5.41, 5.74) is 2.60. The van der Waals surface area contributed by atoms with Gasteiger partial charge in [-0.2, -0.15) is 0 Å². The molecule has 10 heteroatoms. The Hall–Kier alpha value is -4.58. The van der Waals surface area contributed by atoms with Crippen molar-refractivity contribution in [2.45, 2.75) is 0 Å². The van der Waals surface area contributed by atoms with E-state index in [0.717, 1.165) is 11.1 Å². The van der Waals surface area contributed by atoms with Gasteiger partial charge in [0.2, 0.25) is 0 Å². The molecule has 0 N–H and O–H groups in total. The van der Waals surface area contributed by atoms with Gasteiger partial charge in [0.1, 0.15) is 22.6 Å². The molecule has 44 heavy (non-hydrogen) atoms. The molecule has 0 fully saturated rings. The summed E-state index contributed by atoms with van der Waals surface area (Å²) in [5.74, 6) is 15.6. The van der Waals surface area contributed by atoms with Gasteiger partial charge in [-0.3, -0.25) is 0 Å². The van der Waals surface area contributed by atoms with Gasteiger partial charge in [0.05, 0.1) is 54.9 Å². The average molecular weight is 607 g/mol. The maximum Gasteiger partial charge on any atom is 0.189 e. The first-order valence-electron chi connectivity index (χ1n) is 13.6. The van der Waals surface area contributed by atoms with Crippen LogP contribution in [0, 0.1) is 23.7 Å². The lowest BCUT2D eigenvalue weighted by atomic mass is 10.1. The van der Waals surface area contributed by atoms with Crippen molar-refractivity contribution in [1.82, 2.24) is 0 Å². The van der Waals surface area contributed by atoms with Gasteiger partial charge in [-0.1, -0.05) is 23.7 Å². The molecule has 0 unspecified atom stereocenters. The number of hydrogen-bond donors (Lipinski definition) is 0. The molecule has 0 radical (unpaired) electrons. The summed E-state index contributed by atoms with van der Waals surface area (Å²) in [6, 6.07) is 14.6. The van der Waals surface area contributed by atoms with Gasteiger partial charge in [0, 0.05) is 25.3 Å². The van der Waals surface area contributed by atoms with E-state index in [4.69, 9.17) is 47.4 Å². The third-order valence-electron chi connectivity index (χ3n) is 6.03. The summed E-state index contributed by atoms with van der Waals surface area (Å²) in [6.45, 7) is 1.69. The quantitative estimate of drug-likeness (QED) is 0.132. The summed E-state index contributed by atoms with van der Waals surface area (Å²) in [4.78, 5) is 0. The Balaban J connectivity index is 1.85. The normalized spacial score (nSPS) is 10.1. The van der Waals surface area contributed by atoms with Crippen LogP contribution in [0.25, 0.3) is 0 Å². The Morgan fingerprint density at radius 2 is 0.795 bits per heavy atom. The maximum absolute atomic E-state index is 5.87. The molecule has 0 saturated heterocycles. The van der Waals surface area contributed by atoms with Crippen LogP contribution in [0.5, 0.6) is 34.5 Å². The second-order valence-electron chi connectivity index (χ2n) is 8.75. The molecular weight excluding hydrogens is 568 g/mol. The maximum atomic E-state index is 5.87. The van der Waals surface area contributed by atoms with Crippen LogP contribution in [0.15, 0.2) is 48.5 Å². The summed E-state index contributed by atoms with van der Waals surface area (Å²) in [6.07, 6.45) is 0. The lowest BCUT2D eigenvalue weighted by molar-refractivity contribution is -0.00973. The molecule has 3 aromatic carbocycles. The topological polar surface area (TPSA) is 92.3 Å². The van der Waals surface area contributed by atoms with Crippen LogP contribution in [0.1, 0.15) is 22.3 Å². The molecule has 0 heterocycles. The Morgan fingerprint density at radius 1 is 0.432 bits per heavy atom. The Bertz CT molecular complexity index is 1330. The molecule has 10 nitrogen and oxygen atoms in total. The standard InChI is InChI=1S/C34H38O10/c1-35-19-21-41-23-43-33-27(29(37-3)15-17-31(33)39-5)13-11-25-7-9-26(10-8-25)12-14-28-30(38-4)16-18-32(40-6)34(28)44-24-42-22-20-36-2/h7-10,15-18H,19-24H2,1-6H3. The first-order valence-corrected chi connectivity index (χ1v) is 13.6. The van der Waals surface area contributed by atoms with E-state index in [9.17, 15) is 0 Å². The Labute approximate surface area is 259 Å². The highest BCUT2D eigenvalue weighted by atomic mass is 16.7. The monoisotopic (exact) mass is 606 g/mol. The number of methoxy groups -OCH3 is 6. The predicted molar refractivity (Wildman–Crippen MR) is 164 cm³/mol. The van der Waals surface area contributed by atoms with Crippen molar-refractivity contribution in [1.29, 1.82) is 0 Å². The van der Waals surface area contributed by atoms with Crippen LogP contribution in [0.3, 0.4) is 0 Å². The summed E-state index contributed by atoms with van der Waals surface area (Å²) in [7, 11) is 9.47. The molecule has 0 aromatic heterocycles. The van der Waals surface area contributed by atoms with Crippen molar-refractivity contribution in [3.05, 3.63) is 70.8 Å². The van der Waals surface area contributed by atoms with E-state index in [-0.39, 0.29) is 13.6 Å². The molecule has 0 saturated carbocycles. The van der Waals surface area contributed by atoms with Crippen LogP contribution in [-0.2, 0) is 18.9 Å². The van der Waals surface area contributed by atoms with Gasteiger partial charge in [-0.25, -0.2) is 0 Å². The van der Waals surface area contributed by atoms with Gasteiger partial charge in [-0.15, -0.1) is 0 Å². The van der Waals surface area contributed by atoms with Gasteiger partial charge < -0.3 is 47.4 Å². The zero-order valence-corrected chi connectivity index (χ0v) is 25.9. The van der Waals surface area contributed by atoms with Gasteiger partial charge in [0.15, 0.2) is 36.6 Å². The van der Waals surface area contributed by atoms with E-state index in [1.807, 2.05) is 24.3 Å². The number of ether oxygens (including phenoxy) is 10. The lowest BCUT2D eigenvalue weighted by Gasteiger charge is -2.15. The molecule has 0 aliphatic heterocycles. The van der Waals surface area contributed by atoms with E-state index in [2.05, 4.69) is 23.7 Å². The van der Waals surface area contributed by atoms with E-state index in [1.54, 1.807) is 66.9 Å². The molecule has 3 aromatic rings. The third-order valence-corrected chi connectivity index (χ3v) is 6.03. The fourth-order valence-corrected chi connectivity index (χ4v) is 3.79. The first-order chi connectivity index (χ1) is 21.6. The van der Waals surface area contributed by atoms with E-state index >= 15 is 0 Å². The highest BCUT2D eigenvalue weighted by Gasteiger charge is 2.16. The fourth-order valence-electron chi connectivity index (χ4n) is 3.79. The first kappa shape index (κ1) is 33.9. The van der Waals surface area contributed by atoms with E-state index < -0.39 is 0 Å². The third kappa shape index (κ3) is 9.73. The van der Waals surface area contributed by atoms with Crippen molar-refractivity contribution in [2.75, 3.05) is 82.7 Å². The summed E-state index contributed by atoms with van der Waals surface area (Å²) < 4.78 is 54.7. The molecule has 0 aliphatic rings. The predicted octanol–water partition coefficient (Wildman–Crippen LogP) is 4.52. The van der Waals surface area contributed by atoms with E-state index in [1.165, 1.54) is 0 Å². The second-order valence-corrected chi connectivity index (χ2v) is 8.75. The Morgan fingerprint density at radius 3 is 1.14 bits per heavy atom. The van der Waals surface area contributed by atoms with Crippen molar-refractivity contribution >= 4 is 0 Å². The SMILES string of the molecule is COCCOCOc1c(OC)ccc(OC)c1C#Cc1ccc(C#Cc2c(OC)ccc(OC)c2OCOCCOC)cc1. The highest BCUT2D eigenvalue weighted by Crippen LogP contribution is 2.38. The minimum atomic E-state index is 0.000599. The molecule has 0 aliphatic carbocycles. The van der Waals surface area contributed by atoms with Gasteiger partial charge in [-0.05, 0) is 48.5 Å². The van der Waals surface area contributed by atoms with Gasteiger partial charge >= 0.3 is 0 Å². The van der Waals surface area contributed by atoms with Crippen LogP contribution < -0.4 is 28.4 Å². The Kier molecular flexibility index (Phi) is 14.5. The molecule has 0 atom stereocenters. The molecule has 234 valence electrons. The van der Waals surface area contributed by atoms with E-state index in [0.29, 0.717) is 72.1 Å². The number of rotatable bonds is 16. The van der Waals surface area contributed by atoms with Crippen molar-refractivity contribution in [2.24, 2.45) is 0 Å². The molecule has 0 amide bonds.